The van der Waals surface area contributed by atoms with Crippen molar-refractivity contribution in [1.82, 2.24) is 0 Å². The molecule has 0 aliphatic heterocycles. The first-order valence-corrected chi connectivity index (χ1v) is 12.0. The summed E-state index contributed by atoms with van der Waals surface area (Å²) in [6.45, 7) is 3.95. The van der Waals surface area contributed by atoms with Crippen LogP contribution >= 0.6 is 22.9 Å². The summed E-state index contributed by atoms with van der Waals surface area (Å²) >= 11 is 7.33. The second-order valence-electron chi connectivity index (χ2n) is 7.86. The van der Waals surface area contributed by atoms with Gasteiger partial charge in [0, 0.05) is 17.4 Å². The molecule has 0 radical (unpaired) electrons. The topological polar surface area (TPSA) is 70.2 Å². The molecule has 1 aromatic heterocycles. The maximum absolute atomic E-state index is 12.9. The number of thiophene rings is 1. The first-order chi connectivity index (χ1) is 16.4. The fourth-order valence-electron chi connectivity index (χ4n) is 3.51. The number of halogens is 1. The van der Waals surface area contributed by atoms with Crippen molar-refractivity contribution in [2.45, 2.75) is 19.9 Å². The number of rotatable bonds is 7. The fraction of sp³-hybridized carbons (Fsp3) is 0.111. The highest BCUT2D eigenvalue weighted by atomic mass is 35.5. The Bertz CT molecular complexity index is 1300. The molecule has 0 bridgehead atoms. The van der Waals surface area contributed by atoms with Gasteiger partial charge in [-0.05, 0) is 67.4 Å². The van der Waals surface area contributed by atoms with E-state index in [9.17, 15) is 9.59 Å². The number of carbonyl (C=O) groups is 2. The average Bonchev–Trinajstić information content (AvgIpc) is 3.21. The highest BCUT2D eigenvalue weighted by Crippen LogP contribution is 2.29. The zero-order valence-corrected chi connectivity index (χ0v) is 20.3. The summed E-state index contributed by atoms with van der Waals surface area (Å²) in [5.74, 6) is -0.536. The van der Waals surface area contributed by atoms with Crippen molar-refractivity contribution in [3.63, 3.8) is 0 Å². The molecule has 172 valence electrons. The van der Waals surface area contributed by atoms with Gasteiger partial charge in [-0.15, -0.1) is 11.3 Å². The lowest BCUT2D eigenvalue weighted by Gasteiger charge is -2.16. The summed E-state index contributed by atoms with van der Waals surface area (Å²) in [6.07, 6.45) is 0. The fourth-order valence-corrected chi connectivity index (χ4v) is 4.69. The molecule has 3 N–H and O–H groups in total. The molecule has 4 aromatic rings. The maximum atomic E-state index is 12.9. The molecule has 1 heterocycles. The summed E-state index contributed by atoms with van der Waals surface area (Å²) in [4.78, 5) is 25.9. The Labute approximate surface area is 207 Å². The van der Waals surface area contributed by atoms with Crippen LogP contribution in [0.1, 0.15) is 44.1 Å². The summed E-state index contributed by atoms with van der Waals surface area (Å²) in [6, 6.07) is 26.6. The second-order valence-corrected chi connectivity index (χ2v) is 9.32. The number of anilines is 3. The van der Waals surface area contributed by atoms with Gasteiger partial charge in [0.1, 0.15) is 0 Å². The second kappa shape index (κ2) is 10.5. The molecule has 0 spiro atoms. The van der Waals surface area contributed by atoms with Gasteiger partial charge in [0.15, 0.2) is 0 Å². The van der Waals surface area contributed by atoms with Crippen LogP contribution < -0.4 is 16.0 Å². The predicted molar refractivity (Wildman–Crippen MR) is 141 cm³/mol. The number of nitrogens with one attached hydrogen (secondary N) is 3. The minimum absolute atomic E-state index is 0.162. The van der Waals surface area contributed by atoms with Crippen molar-refractivity contribution in [3.05, 3.63) is 112 Å². The third-order valence-corrected chi connectivity index (χ3v) is 6.79. The molecular formula is C27H24ClN3O2S. The molecule has 0 aliphatic carbocycles. The van der Waals surface area contributed by atoms with Gasteiger partial charge in [0.2, 0.25) is 0 Å². The first-order valence-electron chi connectivity index (χ1n) is 10.8. The van der Waals surface area contributed by atoms with Crippen LogP contribution in [0.25, 0.3) is 0 Å². The van der Waals surface area contributed by atoms with E-state index in [1.165, 1.54) is 16.9 Å². The Morgan fingerprint density at radius 3 is 2.18 bits per heavy atom. The van der Waals surface area contributed by atoms with Crippen molar-refractivity contribution in [2.75, 3.05) is 16.0 Å². The minimum atomic E-state index is -0.313. The Morgan fingerprint density at radius 2 is 1.47 bits per heavy atom. The average molecular weight is 490 g/mol. The predicted octanol–water partition coefficient (Wildman–Crippen LogP) is 7.39. The minimum Gasteiger partial charge on any atom is -0.379 e. The molecule has 0 fully saturated rings. The number of benzene rings is 3. The standard InChI is InChI=1S/C27H24ClN3O2S/c1-17-16-24(31-26(32)22-10-6-7-11-23(22)28)34-25(17)27(33)30-21-14-12-20(13-15-21)29-18(2)19-8-4-3-5-9-19/h3-16,18,29H,1-2H3,(H,30,33)(H,31,32). The van der Waals surface area contributed by atoms with Gasteiger partial charge < -0.3 is 16.0 Å². The SMILES string of the molecule is Cc1cc(NC(=O)c2ccccc2Cl)sc1C(=O)Nc1ccc(NC(C)c2ccccc2)cc1. The lowest BCUT2D eigenvalue weighted by atomic mass is 10.1. The van der Waals surface area contributed by atoms with E-state index in [2.05, 4.69) is 35.0 Å². The van der Waals surface area contributed by atoms with Crippen molar-refractivity contribution < 1.29 is 9.59 Å². The van der Waals surface area contributed by atoms with Crippen LogP contribution in [0.5, 0.6) is 0 Å². The molecule has 3 aromatic carbocycles. The van der Waals surface area contributed by atoms with Gasteiger partial charge in [-0.3, -0.25) is 9.59 Å². The van der Waals surface area contributed by atoms with Gasteiger partial charge in [-0.25, -0.2) is 0 Å². The van der Waals surface area contributed by atoms with Crippen molar-refractivity contribution >= 4 is 51.1 Å². The van der Waals surface area contributed by atoms with Crippen LogP contribution in [0.4, 0.5) is 16.4 Å². The highest BCUT2D eigenvalue weighted by Gasteiger charge is 2.17. The number of amides is 2. The number of hydrogen-bond acceptors (Lipinski definition) is 4. The number of aryl methyl sites for hydroxylation is 1. The molecule has 0 aliphatic rings. The van der Waals surface area contributed by atoms with E-state index >= 15 is 0 Å². The van der Waals surface area contributed by atoms with Crippen molar-refractivity contribution in [2.24, 2.45) is 0 Å². The molecule has 2 amide bonds. The molecule has 1 unspecified atom stereocenters. The number of hydrogen-bond donors (Lipinski definition) is 3. The third-order valence-electron chi connectivity index (χ3n) is 5.30. The first kappa shape index (κ1) is 23.5. The van der Waals surface area contributed by atoms with Gasteiger partial charge >= 0.3 is 0 Å². The van der Waals surface area contributed by atoms with E-state index in [4.69, 9.17) is 11.6 Å². The van der Waals surface area contributed by atoms with Crippen molar-refractivity contribution in [1.29, 1.82) is 0 Å². The van der Waals surface area contributed by atoms with Crippen LogP contribution in [0.3, 0.4) is 0 Å². The summed E-state index contributed by atoms with van der Waals surface area (Å²) in [5, 5.41) is 10.2. The van der Waals surface area contributed by atoms with Gasteiger partial charge in [-0.2, -0.15) is 0 Å². The van der Waals surface area contributed by atoms with Crippen LogP contribution in [-0.4, -0.2) is 11.8 Å². The Kier molecular flexibility index (Phi) is 7.30. The smallest absolute Gasteiger partial charge is 0.266 e. The largest absolute Gasteiger partial charge is 0.379 e. The van der Waals surface area contributed by atoms with E-state index in [0.717, 1.165) is 11.3 Å². The van der Waals surface area contributed by atoms with Gasteiger partial charge in [0.25, 0.3) is 11.8 Å². The maximum Gasteiger partial charge on any atom is 0.266 e. The molecular weight excluding hydrogens is 466 g/mol. The molecule has 5 nitrogen and oxygen atoms in total. The molecule has 7 heteroatoms. The van der Waals surface area contributed by atoms with Crippen LogP contribution in [0.2, 0.25) is 5.02 Å². The van der Waals surface area contributed by atoms with E-state index in [1.807, 2.05) is 49.4 Å². The van der Waals surface area contributed by atoms with Crippen LogP contribution in [0.15, 0.2) is 84.9 Å². The van der Waals surface area contributed by atoms with E-state index in [-0.39, 0.29) is 17.9 Å². The lowest BCUT2D eigenvalue weighted by Crippen LogP contribution is -2.12. The Balaban J connectivity index is 1.38. The summed E-state index contributed by atoms with van der Waals surface area (Å²) in [7, 11) is 0. The Morgan fingerprint density at radius 1 is 0.824 bits per heavy atom. The quantitative estimate of drug-likeness (QED) is 0.253. The summed E-state index contributed by atoms with van der Waals surface area (Å²) in [5.41, 5.74) is 4.03. The molecule has 4 rings (SSSR count). The molecule has 34 heavy (non-hydrogen) atoms. The Hall–Kier alpha value is -3.61. The zero-order valence-electron chi connectivity index (χ0n) is 18.8. The highest BCUT2D eigenvalue weighted by molar-refractivity contribution is 7.18. The number of carbonyl (C=O) groups excluding carboxylic acids is 2. The summed E-state index contributed by atoms with van der Waals surface area (Å²) < 4.78 is 0. The van der Waals surface area contributed by atoms with E-state index in [1.54, 1.807) is 30.3 Å². The lowest BCUT2D eigenvalue weighted by molar-refractivity contribution is 0.102. The molecule has 0 saturated carbocycles. The third kappa shape index (κ3) is 5.65. The zero-order chi connectivity index (χ0) is 24.1. The van der Waals surface area contributed by atoms with Crippen molar-refractivity contribution in [3.8, 4) is 0 Å². The van der Waals surface area contributed by atoms with Gasteiger partial charge in [-0.1, -0.05) is 54.1 Å². The van der Waals surface area contributed by atoms with Gasteiger partial charge in [0.05, 0.1) is 20.5 Å². The van der Waals surface area contributed by atoms with Crippen LogP contribution in [-0.2, 0) is 0 Å². The molecule has 0 saturated heterocycles. The van der Waals surface area contributed by atoms with E-state index in [0.29, 0.717) is 26.2 Å². The monoisotopic (exact) mass is 489 g/mol. The normalized spacial score (nSPS) is 11.5. The van der Waals surface area contributed by atoms with Crippen LogP contribution in [0, 0.1) is 6.92 Å². The molecule has 1 atom stereocenters. The van der Waals surface area contributed by atoms with E-state index < -0.39 is 0 Å².